The van der Waals surface area contributed by atoms with E-state index in [1.807, 2.05) is 30.3 Å². The number of carbonyl (C=O) groups is 4. The van der Waals surface area contributed by atoms with E-state index in [9.17, 15) is 19.2 Å². The number of benzene rings is 1. The van der Waals surface area contributed by atoms with Gasteiger partial charge >= 0.3 is 23.9 Å². The van der Waals surface area contributed by atoms with Crippen LogP contribution in [0.5, 0.6) is 0 Å². The van der Waals surface area contributed by atoms with Crippen molar-refractivity contribution < 1.29 is 42.9 Å². The van der Waals surface area contributed by atoms with Crippen molar-refractivity contribution in [2.75, 3.05) is 33.0 Å². The molecule has 9 heteroatoms. The standard InChI is InChI=1S/C23H32O9/c1-5-29-19(24)18(20(25)30-6-2)14-23(21(26)31-7-3,22(27)32-8-4)16-28-15-17-12-10-9-11-13-17/h9-13,18H,5-8,14-16H2,1-4H3. The van der Waals surface area contributed by atoms with Crippen molar-refractivity contribution in [3.8, 4) is 0 Å². The molecular weight excluding hydrogens is 420 g/mol. The predicted molar refractivity (Wildman–Crippen MR) is 113 cm³/mol. The molecule has 0 aliphatic rings. The summed E-state index contributed by atoms with van der Waals surface area (Å²) in [5, 5.41) is 0. The molecule has 0 spiro atoms. The summed E-state index contributed by atoms with van der Waals surface area (Å²) in [5.41, 5.74) is -1.26. The second-order valence-electron chi connectivity index (χ2n) is 6.76. The van der Waals surface area contributed by atoms with Gasteiger partial charge in [0.25, 0.3) is 0 Å². The smallest absolute Gasteiger partial charge is 0.325 e. The molecular formula is C23H32O9. The minimum atomic E-state index is -2.06. The van der Waals surface area contributed by atoms with Crippen LogP contribution in [0.25, 0.3) is 0 Å². The second kappa shape index (κ2) is 14.2. The number of carbonyl (C=O) groups excluding carboxylic acids is 4. The highest BCUT2D eigenvalue weighted by atomic mass is 16.6. The molecule has 0 saturated carbocycles. The molecule has 0 aromatic heterocycles. The molecule has 1 aromatic rings. The van der Waals surface area contributed by atoms with Crippen LogP contribution in [0.4, 0.5) is 0 Å². The highest BCUT2D eigenvalue weighted by Crippen LogP contribution is 2.33. The molecule has 0 heterocycles. The van der Waals surface area contributed by atoms with E-state index in [0.29, 0.717) is 0 Å². The maximum Gasteiger partial charge on any atom is 0.325 e. The van der Waals surface area contributed by atoms with Crippen LogP contribution in [0.1, 0.15) is 39.7 Å². The quantitative estimate of drug-likeness (QED) is 0.238. The third-order valence-electron chi connectivity index (χ3n) is 4.49. The lowest BCUT2D eigenvalue weighted by Gasteiger charge is -2.31. The third kappa shape index (κ3) is 7.64. The van der Waals surface area contributed by atoms with Gasteiger partial charge in [0.1, 0.15) is 0 Å². The fourth-order valence-corrected chi connectivity index (χ4v) is 2.98. The molecule has 0 unspecified atom stereocenters. The molecule has 0 atom stereocenters. The lowest BCUT2D eigenvalue weighted by Crippen LogP contribution is -2.49. The average molecular weight is 453 g/mol. The van der Waals surface area contributed by atoms with Crippen LogP contribution in [-0.2, 0) is 49.5 Å². The van der Waals surface area contributed by atoms with Crippen LogP contribution in [0, 0.1) is 11.3 Å². The zero-order chi connectivity index (χ0) is 24.0. The van der Waals surface area contributed by atoms with Crippen molar-refractivity contribution >= 4 is 23.9 Å². The molecule has 0 N–H and O–H groups in total. The summed E-state index contributed by atoms with van der Waals surface area (Å²) in [4.78, 5) is 51.1. The molecule has 0 amide bonds. The SMILES string of the molecule is CCOC(=O)C(CC(COCc1ccccc1)(C(=O)OCC)C(=O)OCC)C(=O)OCC. The minimum absolute atomic E-state index is 0.00502. The van der Waals surface area contributed by atoms with E-state index >= 15 is 0 Å². The summed E-state index contributed by atoms with van der Waals surface area (Å²) in [6.07, 6.45) is -0.572. The van der Waals surface area contributed by atoms with Crippen molar-refractivity contribution in [3.63, 3.8) is 0 Å². The van der Waals surface area contributed by atoms with Crippen LogP contribution >= 0.6 is 0 Å². The van der Waals surface area contributed by atoms with Crippen molar-refractivity contribution in [2.24, 2.45) is 11.3 Å². The van der Waals surface area contributed by atoms with E-state index in [1.165, 1.54) is 0 Å². The molecule has 0 aliphatic carbocycles. The highest BCUT2D eigenvalue weighted by Gasteiger charge is 2.54. The van der Waals surface area contributed by atoms with Crippen molar-refractivity contribution in [2.45, 2.75) is 40.7 Å². The molecule has 178 valence electrons. The molecule has 0 radical (unpaired) electrons. The van der Waals surface area contributed by atoms with Gasteiger partial charge in [0.2, 0.25) is 0 Å². The van der Waals surface area contributed by atoms with Crippen LogP contribution in [0.15, 0.2) is 30.3 Å². The van der Waals surface area contributed by atoms with E-state index in [4.69, 9.17) is 23.7 Å². The molecule has 0 bridgehead atoms. The summed E-state index contributed by atoms with van der Waals surface area (Å²) in [6, 6.07) is 9.11. The first kappa shape index (κ1) is 27.1. The fraction of sp³-hybridized carbons (Fsp3) is 0.565. The van der Waals surface area contributed by atoms with Gasteiger partial charge in [-0.2, -0.15) is 0 Å². The Morgan fingerprint density at radius 2 is 1.22 bits per heavy atom. The maximum atomic E-state index is 13.0. The normalized spacial score (nSPS) is 11.0. The summed E-state index contributed by atoms with van der Waals surface area (Å²) in [5.74, 6) is -5.27. The molecule has 1 rings (SSSR count). The van der Waals surface area contributed by atoms with E-state index < -0.39 is 48.2 Å². The maximum absolute atomic E-state index is 13.0. The Kier molecular flexibility index (Phi) is 12.0. The minimum Gasteiger partial charge on any atom is -0.465 e. The average Bonchev–Trinajstić information content (AvgIpc) is 2.77. The van der Waals surface area contributed by atoms with Gasteiger partial charge in [-0.3, -0.25) is 19.2 Å². The van der Waals surface area contributed by atoms with Gasteiger partial charge in [0.15, 0.2) is 11.3 Å². The highest BCUT2D eigenvalue weighted by molar-refractivity contribution is 6.03. The van der Waals surface area contributed by atoms with Gasteiger partial charge in [0, 0.05) is 6.42 Å². The summed E-state index contributed by atoms with van der Waals surface area (Å²) in [7, 11) is 0. The predicted octanol–water partition coefficient (Wildman–Crippen LogP) is 2.45. The van der Waals surface area contributed by atoms with Crippen LogP contribution < -0.4 is 0 Å². The summed E-state index contributed by atoms with van der Waals surface area (Å²) < 4.78 is 25.9. The molecule has 0 aliphatic heterocycles. The Bertz CT molecular complexity index is 709. The lowest BCUT2D eigenvalue weighted by molar-refractivity contribution is -0.181. The summed E-state index contributed by atoms with van der Waals surface area (Å²) in [6.45, 7) is 5.89. The van der Waals surface area contributed by atoms with Gasteiger partial charge in [-0.05, 0) is 33.3 Å². The first-order valence-corrected chi connectivity index (χ1v) is 10.7. The largest absolute Gasteiger partial charge is 0.465 e. The van der Waals surface area contributed by atoms with Crippen molar-refractivity contribution in [1.29, 1.82) is 0 Å². The zero-order valence-corrected chi connectivity index (χ0v) is 19.1. The Balaban J connectivity index is 3.32. The van der Waals surface area contributed by atoms with Crippen molar-refractivity contribution in [1.82, 2.24) is 0 Å². The first-order valence-electron chi connectivity index (χ1n) is 10.7. The Morgan fingerprint density at radius 3 is 1.66 bits per heavy atom. The van der Waals surface area contributed by atoms with E-state index in [0.717, 1.165) is 5.56 Å². The fourth-order valence-electron chi connectivity index (χ4n) is 2.98. The third-order valence-corrected chi connectivity index (χ3v) is 4.49. The molecule has 0 saturated heterocycles. The Hall–Kier alpha value is -2.94. The van der Waals surface area contributed by atoms with Gasteiger partial charge < -0.3 is 23.7 Å². The first-order chi connectivity index (χ1) is 15.4. The lowest BCUT2D eigenvalue weighted by atomic mass is 9.79. The molecule has 0 fully saturated rings. The van der Waals surface area contributed by atoms with Crippen LogP contribution in [0.2, 0.25) is 0 Å². The van der Waals surface area contributed by atoms with Crippen LogP contribution in [-0.4, -0.2) is 56.9 Å². The number of hydrogen-bond acceptors (Lipinski definition) is 9. The van der Waals surface area contributed by atoms with Gasteiger partial charge in [-0.25, -0.2) is 0 Å². The molecule has 1 aromatic carbocycles. The van der Waals surface area contributed by atoms with E-state index in [-0.39, 0.29) is 33.0 Å². The van der Waals surface area contributed by atoms with Crippen LogP contribution in [0.3, 0.4) is 0 Å². The Morgan fingerprint density at radius 1 is 0.750 bits per heavy atom. The van der Waals surface area contributed by atoms with Crippen molar-refractivity contribution in [3.05, 3.63) is 35.9 Å². The summed E-state index contributed by atoms with van der Waals surface area (Å²) >= 11 is 0. The number of ether oxygens (including phenoxy) is 5. The molecule has 9 nitrogen and oxygen atoms in total. The van der Waals surface area contributed by atoms with Gasteiger partial charge in [-0.15, -0.1) is 0 Å². The van der Waals surface area contributed by atoms with E-state index in [1.54, 1.807) is 27.7 Å². The van der Waals surface area contributed by atoms with E-state index in [2.05, 4.69) is 0 Å². The number of hydrogen-bond donors (Lipinski definition) is 0. The zero-order valence-electron chi connectivity index (χ0n) is 19.1. The second-order valence-corrected chi connectivity index (χ2v) is 6.76. The number of esters is 4. The van der Waals surface area contributed by atoms with Gasteiger partial charge in [0.05, 0.1) is 39.6 Å². The molecule has 32 heavy (non-hydrogen) atoms. The Labute approximate surface area is 188 Å². The van der Waals surface area contributed by atoms with Gasteiger partial charge in [-0.1, -0.05) is 30.3 Å². The monoisotopic (exact) mass is 452 g/mol. The number of rotatable bonds is 14. The topological polar surface area (TPSA) is 114 Å².